The van der Waals surface area contributed by atoms with E-state index in [0.29, 0.717) is 17.1 Å². The van der Waals surface area contributed by atoms with Gasteiger partial charge in [-0.3, -0.25) is 14.9 Å². The first kappa shape index (κ1) is 25.8. The second kappa shape index (κ2) is 10.6. The van der Waals surface area contributed by atoms with Crippen molar-refractivity contribution in [2.75, 3.05) is 20.8 Å². The van der Waals surface area contributed by atoms with Crippen molar-refractivity contribution in [3.63, 3.8) is 0 Å². The molecule has 0 saturated carbocycles. The normalized spacial score (nSPS) is 10.4. The number of carbonyl (C=O) groups is 4. The second-order valence-corrected chi connectivity index (χ2v) is 7.68. The Hall–Kier alpha value is -4.80. The molecule has 0 N–H and O–H groups in total. The Morgan fingerprint density at radius 2 is 1.47 bits per heavy atom. The number of hydrogen-bond acceptors (Lipinski definition) is 9. The lowest BCUT2D eigenvalue weighted by atomic mass is 10.1. The number of Topliss-reactive ketones (excluding diaryl/α,β-unsaturated/α-hetero) is 1. The molecule has 186 valence electrons. The highest BCUT2D eigenvalue weighted by Crippen LogP contribution is 2.24. The van der Waals surface area contributed by atoms with Crippen LogP contribution in [0.25, 0.3) is 5.69 Å². The largest absolute Gasteiger partial charge is 0.465 e. The van der Waals surface area contributed by atoms with Gasteiger partial charge in [0, 0.05) is 34.8 Å². The number of rotatable bonds is 8. The number of aromatic nitrogens is 1. The lowest BCUT2D eigenvalue weighted by Gasteiger charge is -2.13. The number of nitro groups is 1. The van der Waals surface area contributed by atoms with Gasteiger partial charge in [0.2, 0.25) is 5.78 Å². The number of ketones is 1. The summed E-state index contributed by atoms with van der Waals surface area (Å²) in [6.07, 6.45) is 0. The molecule has 3 aromatic rings. The maximum Gasteiger partial charge on any atom is 0.338 e. The fourth-order valence-corrected chi connectivity index (χ4v) is 3.69. The van der Waals surface area contributed by atoms with Crippen molar-refractivity contribution in [1.29, 1.82) is 0 Å². The maximum absolute atomic E-state index is 12.9. The molecule has 0 bridgehead atoms. The molecule has 0 saturated heterocycles. The molecule has 3 rings (SSSR count). The molecule has 0 radical (unpaired) electrons. The van der Waals surface area contributed by atoms with E-state index in [4.69, 9.17) is 14.2 Å². The molecular formula is C25H22N2O9. The first-order valence-corrected chi connectivity index (χ1v) is 10.5. The van der Waals surface area contributed by atoms with Crippen LogP contribution in [0.15, 0.2) is 48.5 Å². The third kappa shape index (κ3) is 5.30. The van der Waals surface area contributed by atoms with E-state index in [1.807, 2.05) is 0 Å². The monoisotopic (exact) mass is 494 g/mol. The molecule has 0 aliphatic carbocycles. The number of ether oxygens (including phenoxy) is 3. The molecule has 36 heavy (non-hydrogen) atoms. The van der Waals surface area contributed by atoms with Crippen molar-refractivity contribution in [3.8, 4) is 5.69 Å². The van der Waals surface area contributed by atoms with Crippen LogP contribution in [0.3, 0.4) is 0 Å². The molecule has 0 atom stereocenters. The van der Waals surface area contributed by atoms with Gasteiger partial charge in [-0.2, -0.15) is 0 Å². The van der Waals surface area contributed by atoms with Crippen LogP contribution in [0, 0.1) is 24.0 Å². The van der Waals surface area contributed by atoms with Gasteiger partial charge in [0.15, 0.2) is 6.61 Å². The predicted octanol–water partition coefficient (Wildman–Crippen LogP) is 3.62. The summed E-state index contributed by atoms with van der Waals surface area (Å²) in [5.74, 6) is -2.71. The highest BCUT2D eigenvalue weighted by Gasteiger charge is 2.21. The molecule has 1 heterocycles. The van der Waals surface area contributed by atoms with Crippen LogP contribution in [-0.2, 0) is 14.2 Å². The number of esters is 3. The van der Waals surface area contributed by atoms with Gasteiger partial charge in [-0.1, -0.05) is 6.07 Å². The summed E-state index contributed by atoms with van der Waals surface area (Å²) in [5, 5.41) is 10.9. The molecule has 0 amide bonds. The zero-order valence-electron chi connectivity index (χ0n) is 19.9. The Labute approximate surface area is 205 Å². The highest BCUT2D eigenvalue weighted by molar-refractivity contribution is 6.01. The molecule has 1 aromatic heterocycles. The third-order valence-corrected chi connectivity index (χ3v) is 5.38. The molecule has 11 nitrogen and oxygen atoms in total. The molecule has 11 heteroatoms. The summed E-state index contributed by atoms with van der Waals surface area (Å²) >= 11 is 0. The average Bonchev–Trinajstić information content (AvgIpc) is 3.19. The van der Waals surface area contributed by atoms with Crippen LogP contribution >= 0.6 is 0 Å². The van der Waals surface area contributed by atoms with Gasteiger partial charge in [-0.05, 0) is 44.2 Å². The van der Waals surface area contributed by atoms with Gasteiger partial charge in [-0.15, -0.1) is 0 Å². The summed E-state index contributed by atoms with van der Waals surface area (Å²) in [6.45, 7) is 2.79. The standard InChI is InChI=1S/C25H22N2O9/c1-14-8-21(22(28)13-36-25(31)16-6-5-7-19(10-16)27(32)33)15(2)26(14)20-11-17(23(29)34-3)9-18(12-20)24(30)35-4/h5-12H,13H2,1-4H3. The SMILES string of the molecule is COC(=O)c1cc(C(=O)OC)cc(-n2c(C)cc(C(=O)COC(=O)c3cccc([N+](=O)[O-])c3)c2C)c1. The van der Waals surface area contributed by atoms with Gasteiger partial charge in [0.1, 0.15) is 0 Å². The summed E-state index contributed by atoms with van der Waals surface area (Å²) in [7, 11) is 2.43. The van der Waals surface area contributed by atoms with Gasteiger partial charge in [0.05, 0.1) is 35.8 Å². The lowest BCUT2D eigenvalue weighted by molar-refractivity contribution is -0.384. The van der Waals surface area contributed by atoms with E-state index < -0.39 is 35.2 Å². The Kier molecular flexibility index (Phi) is 7.63. The summed E-state index contributed by atoms with van der Waals surface area (Å²) in [6, 6.07) is 10.9. The van der Waals surface area contributed by atoms with Gasteiger partial charge >= 0.3 is 17.9 Å². The van der Waals surface area contributed by atoms with E-state index in [0.717, 1.165) is 6.07 Å². The summed E-state index contributed by atoms with van der Waals surface area (Å²) < 4.78 is 16.3. The first-order valence-electron chi connectivity index (χ1n) is 10.5. The minimum absolute atomic E-state index is 0.0579. The van der Waals surface area contributed by atoms with E-state index in [2.05, 4.69) is 0 Å². The number of non-ortho nitro benzene ring substituents is 1. The van der Waals surface area contributed by atoms with Crippen molar-refractivity contribution in [2.24, 2.45) is 0 Å². The fraction of sp³-hybridized carbons (Fsp3) is 0.200. The predicted molar refractivity (Wildman–Crippen MR) is 126 cm³/mol. The zero-order chi connectivity index (χ0) is 26.6. The number of aryl methyl sites for hydroxylation is 1. The number of methoxy groups -OCH3 is 2. The second-order valence-electron chi connectivity index (χ2n) is 7.68. The van der Waals surface area contributed by atoms with Gasteiger partial charge < -0.3 is 18.8 Å². The Bertz CT molecular complexity index is 1350. The van der Waals surface area contributed by atoms with E-state index in [1.165, 1.54) is 50.6 Å². The average molecular weight is 494 g/mol. The van der Waals surface area contributed by atoms with Crippen LogP contribution < -0.4 is 0 Å². The van der Waals surface area contributed by atoms with Crippen molar-refractivity contribution >= 4 is 29.4 Å². The van der Waals surface area contributed by atoms with Crippen LogP contribution in [-0.4, -0.2) is 54.0 Å². The van der Waals surface area contributed by atoms with Crippen LogP contribution in [0.2, 0.25) is 0 Å². The molecular weight excluding hydrogens is 472 g/mol. The minimum atomic E-state index is -0.880. The lowest BCUT2D eigenvalue weighted by Crippen LogP contribution is -2.15. The van der Waals surface area contributed by atoms with Crippen molar-refractivity contribution in [3.05, 3.63) is 92.3 Å². The summed E-state index contributed by atoms with van der Waals surface area (Å²) in [5.41, 5.74) is 1.64. The molecule has 2 aromatic carbocycles. The topological polar surface area (TPSA) is 144 Å². The number of nitro benzene ring substituents is 1. The van der Waals surface area contributed by atoms with Crippen molar-refractivity contribution in [2.45, 2.75) is 13.8 Å². The van der Waals surface area contributed by atoms with Crippen LogP contribution in [0.4, 0.5) is 5.69 Å². The number of nitrogens with zero attached hydrogens (tertiary/aromatic N) is 2. The molecule has 0 spiro atoms. The molecule has 0 aliphatic rings. The fourth-order valence-electron chi connectivity index (χ4n) is 3.69. The third-order valence-electron chi connectivity index (χ3n) is 5.38. The van der Waals surface area contributed by atoms with Gasteiger partial charge in [-0.25, -0.2) is 14.4 Å². The van der Waals surface area contributed by atoms with Crippen LogP contribution in [0.1, 0.15) is 52.8 Å². The highest BCUT2D eigenvalue weighted by atomic mass is 16.6. The van der Waals surface area contributed by atoms with E-state index >= 15 is 0 Å². The number of benzene rings is 2. The van der Waals surface area contributed by atoms with Crippen molar-refractivity contribution in [1.82, 2.24) is 4.57 Å². The van der Waals surface area contributed by atoms with Crippen molar-refractivity contribution < 1.29 is 38.3 Å². The minimum Gasteiger partial charge on any atom is -0.465 e. The number of hydrogen-bond donors (Lipinski definition) is 0. The molecule has 0 fully saturated rings. The van der Waals surface area contributed by atoms with E-state index in [-0.39, 0.29) is 27.9 Å². The van der Waals surface area contributed by atoms with E-state index in [9.17, 15) is 29.3 Å². The molecule has 0 aliphatic heterocycles. The summed E-state index contributed by atoms with van der Waals surface area (Å²) in [4.78, 5) is 59.7. The Morgan fingerprint density at radius 3 is 2.03 bits per heavy atom. The van der Waals surface area contributed by atoms with Gasteiger partial charge in [0.25, 0.3) is 5.69 Å². The smallest absolute Gasteiger partial charge is 0.338 e. The first-order chi connectivity index (χ1) is 17.1. The number of carbonyl (C=O) groups excluding carboxylic acids is 4. The Balaban J connectivity index is 1.89. The Morgan fingerprint density at radius 1 is 0.861 bits per heavy atom. The van der Waals surface area contributed by atoms with Crippen LogP contribution in [0.5, 0.6) is 0 Å². The molecule has 0 unspecified atom stereocenters. The quantitative estimate of drug-likeness (QED) is 0.151. The zero-order valence-corrected chi connectivity index (χ0v) is 19.9. The maximum atomic E-state index is 12.9. The van der Waals surface area contributed by atoms with E-state index in [1.54, 1.807) is 24.5 Å².